The number of morpholine rings is 1. The molecule has 0 bridgehead atoms. The normalized spacial score (nSPS) is 19.7. The lowest BCUT2D eigenvalue weighted by Gasteiger charge is -2.25. The number of ether oxygens (including phenoxy) is 1. The van der Waals surface area contributed by atoms with E-state index in [1.165, 1.54) is 0 Å². The monoisotopic (exact) mass is 157 g/mol. The molecule has 1 saturated heterocycles. The molecule has 1 aliphatic rings. The maximum atomic E-state index is 10.8. The Morgan fingerprint density at radius 3 is 2.73 bits per heavy atom. The second-order valence-electron chi connectivity index (χ2n) is 2.49. The number of hydrogen-bond donors (Lipinski definition) is 1. The minimum atomic E-state index is -0.0353. The molecule has 63 valence electrons. The first-order valence-corrected chi connectivity index (χ1v) is 3.69. The van der Waals surface area contributed by atoms with Crippen molar-refractivity contribution in [2.45, 2.75) is 0 Å². The summed E-state index contributed by atoms with van der Waals surface area (Å²) >= 11 is 0. The molecule has 1 fully saturated rings. The van der Waals surface area contributed by atoms with Gasteiger partial charge in [0, 0.05) is 20.1 Å². The van der Waals surface area contributed by atoms with Gasteiger partial charge in [0.05, 0.1) is 19.8 Å². The van der Waals surface area contributed by atoms with Gasteiger partial charge < -0.3 is 10.1 Å². The van der Waals surface area contributed by atoms with Gasteiger partial charge in [-0.25, -0.2) is 0 Å². The molecule has 0 atom stereocenters. The standard InChI is InChI=1S/C7H13N2O2/c1-8-7(10)6-9-2-4-11-5-3-9/h1-6H2,(H,8,10). The van der Waals surface area contributed by atoms with Crippen molar-refractivity contribution in [3.8, 4) is 0 Å². The van der Waals surface area contributed by atoms with E-state index in [1.54, 1.807) is 0 Å². The topological polar surface area (TPSA) is 41.6 Å². The summed E-state index contributed by atoms with van der Waals surface area (Å²) in [6, 6.07) is 0. The largest absolute Gasteiger partial charge is 0.379 e. The Morgan fingerprint density at radius 2 is 2.18 bits per heavy atom. The van der Waals surface area contributed by atoms with Crippen LogP contribution in [-0.4, -0.2) is 43.7 Å². The molecule has 0 spiro atoms. The van der Waals surface area contributed by atoms with E-state index in [0.717, 1.165) is 26.3 Å². The summed E-state index contributed by atoms with van der Waals surface area (Å²) in [6.07, 6.45) is 0. The van der Waals surface area contributed by atoms with Crippen LogP contribution in [0.2, 0.25) is 0 Å². The molecule has 11 heavy (non-hydrogen) atoms. The van der Waals surface area contributed by atoms with Crippen molar-refractivity contribution in [3.05, 3.63) is 7.05 Å². The maximum absolute atomic E-state index is 10.8. The molecule has 1 radical (unpaired) electrons. The fourth-order valence-electron chi connectivity index (χ4n) is 1.02. The summed E-state index contributed by atoms with van der Waals surface area (Å²) in [5, 5.41) is 2.34. The minimum absolute atomic E-state index is 0.0353. The first-order chi connectivity index (χ1) is 5.33. The molecular weight excluding hydrogens is 144 g/mol. The van der Waals surface area contributed by atoms with Gasteiger partial charge in [-0.05, 0) is 0 Å². The quantitative estimate of drug-likeness (QED) is 0.572. The average molecular weight is 157 g/mol. The predicted molar refractivity (Wildman–Crippen MR) is 40.8 cm³/mol. The molecule has 1 N–H and O–H groups in total. The van der Waals surface area contributed by atoms with Crippen LogP contribution in [0.3, 0.4) is 0 Å². The molecule has 0 saturated carbocycles. The Bertz CT molecular complexity index is 132. The predicted octanol–water partition coefficient (Wildman–Crippen LogP) is -0.774. The number of carbonyl (C=O) groups excluding carboxylic acids is 1. The van der Waals surface area contributed by atoms with Gasteiger partial charge >= 0.3 is 0 Å². The summed E-state index contributed by atoms with van der Waals surface area (Å²) in [4.78, 5) is 12.9. The van der Waals surface area contributed by atoms with Crippen molar-refractivity contribution in [3.63, 3.8) is 0 Å². The van der Waals surface area contributed by atoms with Crippen LogP contribution in [-0.2, 0) is 9.53 Å². The number of hydrogen-bond acceptors (Lipinski definition) is 3. The van der Waals surface area contributed by atoms with Gasteiger partial charge in [-0.15, -0.1) is 0 Å². The van der Waals surface area contributed by atoms with Gasteiger partial charge in [-0.1, -0.05) is 0 Å². The second kappa shape index (κ2) is 4.31. The molecule has 0 aromatic heterocycles. The fourth-order valence-corrected chi connectivity index (χ4v) is 1.02. The highest BCUT2D eigenvalue weighted by molar-refractivity contribution is 5.78. The van der Waals surface area contributed by atoms with Crippen LogP contribution in [0.1, 0.15) is 0 Å². The summed E-state index contributed by atoms with van der Waals surface area (Å²) in [7, 11) is 3.29. The third-order valence-electron chi connectivity index (χ3n) is 1.67. The van der Waals surface area contributed by atoms with Gasteiger partial charge in [0.25, 0.3) is 0 Å². The maximum Gasteiger partial charge on any atom is 0.234 e. The number of rotatable bonds is 2. The van der Waals surface area contributed by atoms with Crippen molar-refractivity contribution in [2.24, 2.45) is 0 Å². The number of carbonyl (C=O) groups is 1. The summed E-state index contributed by atoms with van der Waals surface area (Å²) in [5.74, 6) is -0.0353. The number of nitrogens with zero attached hydrogens (tertiary/aromatic N) is 1. The zero-order valence-corrected chi connectivity index (χ0v) is 6.51. The molecule has 4 heteroatoms. The van der Waals surface area contributed by atoms with E-state index >= 15 is 0 Å². The smallest absolute Gasteiger partial charge is 0.234 e. The highest BCUT2D eigenvalue weighted by atomic mass is 16.5. The van der Waals surface area contributed by atoms with E-state index < -0.39 is 0 Å². The SMILES string of the molecule is [CH2]NC(=O)CN1CCOCC1. The van der Waals surface area contributed by atoms with Gasteiger partial charge in [-0.2, -0.15) is 0 Å². The molecule has 0 aliphatic carbocycles. The molecule has 1 aliphatic heterocycles. The summed E-state index contributed by atoms with van der Waals surface area (Å²) in [5.41, 5.74) is 0. The number of amides is 1. The zero-order chi connectivity index (χ0) is 8.10. The lowest BCUT2D eigenvalue weighted by atomic mass is 10.4. The highest BCUT2D eigenvalue weighted by Crippen LogP contribution is 1.94. The van der Waals surface area contributed by atoms with E-state index in [2.05, 4.69) is 12.4 Å². The van der Waals surface area contributed by atoms with Crippen molar-refractivity contribution in [1.29, 1.82) is 0 Å². The first-order valence-electron chi connectivity index (χ1n) is 3.69. The van der Waals surface area contributed by atoms with E-state index in [4.69, 9.17) is 4.74 Å². The Hall–Kier alpha value is -0.610. The van der Waals surface area contributed by atoms with E-state index in [0.29, 0.717) is 6.54 Å². The molecule has 1 amide bonds. The van der Waals surface area contributed by atoms with Gasteiger partial charge in [0.15, 0.2) is 0 Å². The Labute approximate surface area is 66.5 Å². The van der Waals surface area contributed by atoms with Crippen LogP contribution >= 0.6 is 0 Å². The van der Waals surface area contributed by atoms with E-state index in [1.807, 2.05) is 4.90 Å². The van der Waals surface area contributed by atoms with Crippen LogP contribution in [0.4, 0.5) is 0 Å². The second-order valence-corrected chi connectivity index (χ2v) is 2.49. The van der Waals surface area contributed by atoms with Crippen molar-refractivity contribution >= 4 is 5.91 Å². The van der Waals surface area contributed by atoms with Crippen molar-refractivity contribution in [2.75, 3.05) is 32.8 Å². The van der Waals surface area contributed by atoms with Crippen LogP contribution in [0.25, 0.3) is 0 Å². The number of nitrogens with one attached hydrogen (secondary N) is 1. The van der Waals surface area contributed by atoms with Crippen LogP contribution < -0.4 is 5.32 Å². The Morgan fingerprint density at radius 1 is 1.55 bits per heavy atom. The summed E-state index contributed by atoms with van der Waals surface area (Å²) in [6.45, 7) is 3.57. The van der Waals surface area contributed by atoms with Crippen molar-refractivity contribution in [1.82, 2.24) is 10.2 Å². The lowest BCUT2D eigenvalue weighted by Crippen LogP contribution is -2.41. The average Bonchev–Trinajstić information content (AvgIpc) is 2.06. The van der Waals surface area contributed by atoms with E-state index in [9.17, 15) is 4.79 Å². The molecule has 4 nitrogen and oxygen atoms in total. The minimum Gasteiger partial charge on any atom is -0.379 e. The van der Waals surface area contributed by atoms with Crippen LogP contribution in [0, 0.1) is 7.05 Å². The third kappa shape index (κ3) is 2.86. The van der Waals surface area contributed by atoms with E-state index in [-0.39, 0.29) is 5.91 Å². The molecule has 1 heterocycles. The molecule has 0 aromatic carbocycles. The Kier molecular flexibility index (Phi) is 3.32. The molecule has 0 aromatic rings. The van der Waals surface area contributed by atoms with Gasteiger partial charge in [-0.3, -0.25) is 9.69 Å². The lowest BCUT2D eigenvalue weighted by molar-refractivity contribution is -0.122. The zero-order valence-electron chi connectivity index (χ0n) is 6.51. The fraction of sp³-hybridized carbons (Fsp3) is 0.714. The van der Waals surface area contributed by atoms with Crippen LogP contribution in [0.5, 0.6) is 0 Å². The van der Waals surface area contributed by atoms with Crippen molar-refractivity contribution < 1.29 is 9.53 Å². The highest BCUT2D eigenvalue weighted by Gasteiger charge is 2.12. The molecule has 1 rings (SSSR count). The molecule has 0 unspecified atom stereocenters. The first kappa shape index (κ1) is 8.49. The molecular formula is C7H13N2O2. The Balaban J connectivity index is 2.19. The van der Waals surface area contributed by atoms with Crippen LogP contribution in [0.15, 0.2) is 0 Å². The van der Waals surface area contributed by atoms with Gasteiger partial charge in [0.1, 0.15) is 0 Å². The summed E-state index contributed by atoms with van der Waals surface area (Å²) < 4.78 is 5.13. The van der Waals surface area contributed by atoms with Gasteiger partial charge in [0.2, 0.25) is 5.91 Å². The third-order valence-corrected chi connectivity index (χ3v) is 1.67.